The van der Waals surface area contributed by atoms with Crippen molar-refractivity contribution < 1.29 is 25.2 Å². The molecule has 0 spiro atoms. The Morgan fingerprint density at radius 3 is 2.53 bits per heavy atom. The van der Waals surface area contributed by atoms with Crippen LogP contribution >= 0.6 is 15.9 Å². The number of halogens is 1. The Bertz CT molecular complexity index is 407. The van der Waals surface area contributed by atoms with E-state index in [0.29, 0.717) is 4.47 Å². The summed E-state index contributed by atoms with van der Waals surface area (Å²) in [6, 6.07) is 4.32. The van der Waals surface area contributed by atoms with E-state index in [1.807, 2.05) is 0 Å². The van der Waals surface area contributed by atoms with Gasteiger partial charge in [0.1, 0.15) is 6.10 Å². The van der Waals surface area contributed by atoms with Crippen LogP contribution in [0.5, 0.6) is 0 Å². The molecule has 0 saturated heterocycles. The van der Waals surface area contributed by atoms with E-state index in [2.05, 4.69) is 15.9 Å². The van der Waals surface area contributed by atoms with Gasteiger partial charge in [0.25, 0.3) is 0 Å². The number of hydrogen-bond donors (Lipinski definition) is 4. The number of aromatic carboxylic acids is 1. The fourth-order valence-electron chi connectivity index (χ4n) is 1.47. The molecule has 0 aromatic heterocycles. The number of carboxylic acids is 1. The minimum absolute atomic E-state index is 0.0211. The Morgan fingerprint density at radius 1 is 1.35 bits per heavy atom. The summed E-state index contributed by atoms with van der Waals surface area (Å²) in [7, 11) is 0. The van der Waals surface area contributed by atoms with Crippen LogP contribution in [0.3, 0.4) is 0 Å². The maximum Gasteiger partial charge on any atom is 0.336 e. The first-order chi connectivity index (χ1) is 7.97. The van der Waals surface area contributed by atoms with Gasteiger partial charge in [-0.3, -0.25) is 0 Å². The Hall–Kier alpha value is -0.950. The zero-order valence-electron chi connectivity index (χ0n) is 8.88. The van der Waals surface area contributed by atoms with Crippen molar-refractivity contribution >= 4 is 21.9 Å². The van der Waals surface area contributed by atoms with E-state index in [1.165, 1.54) is 18.2 Å². The molecule has 0 radical (unpaired) electrons. The van der Waals surface area contributed by atoms with Gasteiger partial charge in [0, 0.05) is 11.1 Å². The minimum Gasteiger partial charge on any atom is -0.478 e. The highest BCUT2D eigenvalue weighted by Crippen LogP contribution is 2.26. The lowest BCUT2D eigenvalue weighted by atomic mass is 9.97. The van der Waals surface area contributed by atoms with Crippen molar-refractivity contribution in [3.8, 4) is 0 Å². The second kappa shape index (κ2) is 6.11. The molecule has 4 N–H and O–H groups in total. The van der Waals surface area contributed by atoms with Crippen molar-refractivity contribution in [2.75, 3.05) is 6.61 Å². The molecule has 0 fully saturated rings. The van der Waals surface area contributed by atoms with Gasteiger partial charge in [-0.25, -0.2) is 4.79 Å². The first-order valence-electron chi connectivity index (χ1n) is 4.97. The highest BCUT2D eigenvalue weighted by molar-refractivity contribution is 9.10. The molecule has 2 unspecified atom stereocenters. The SMILES string of the molecule is O=C(O)c1ccc(Br)cc1C(O)C(O)CCO. The third-order valence-corrected chi connectivity index (χ3v) is 2.85. The van der Waals surface area contributed by atoms with Crippen molar-refractivity contribution in [2.45, 2.75) is 18.6 Å². The van der Waals surface area contributed by atoms with Crippen LogP contribution in [0.1, 0.15) is 28.4 Å². The number of aliphatic hydroxyl groups excluding tert-OH is 3. The summed E-state index contributed by atoms with van der Waals surface area (Å²) < 4.78 is 0.604. The number of benzene rings is 1. The molecular formula is C11H13BrO5. The number of carboxylic acid groups (broad SMARTS) is 1. The predicted molar refractivity (Wildman–Crippen MR) is 63.8 cm³/mol. The maximum atomic E-state index is 11.0. The van der Waals surface area contributed by atoms with Crippen molar-refractivity contribution in [2.24, 2.45) is 0 Å². The molecule has 0 aliphatic heterocycles. The number of aliphatic hydroxyl groups is 3. The van der Waals surface area contributed by atoms with Crippen LogP contribution < -0.4 is 0 Å². The zero-order valence-corrected chi connectivity index (χ0v) is 10.5. The van der Waals surface area contributed by atoms with Crippen molar-refractivity contribution in [1.82, 2.24) is 0 Å². The van der Waals surface area contributed by atoms with E-state index in [1.54, 1.807) is 0 Å². The van der Waals surface area contributed by atoms with E-state index < -0.39 is 18.2 Å². The van der Waals surface area contributed by atoms with Crippen LogP contribution in [0.4, 0.5) is 0 Å². The average Bonchev–Trinajstić information content (AvgIpc) is 2.27. The molecule has 5 nitrogen and oxygen atoms in total. The van der Waals surface area contributed by atoms with Gasteiger partial charge in [-0.2, -0.15) is 0 Å². The van der Waals surface area contributed by atoms with E-state index in [9.17, 15) is 15.0 Å². The fraction of sp³-hybridized carbons (Fsp3) is 0.364. The summed E-state index contributed by atoms with van der Waals surface area (Å²) in [6.07, 6.45) is -2.56. The summed E-state index contributed by atoms with van der Waals surface area (Å²) in [5.74, 6) is -1.18. The molecule has 17 heavy (non-hydrogen) atoms. The van der Waals surface area contributed by atoms with Gasteiger partial charge >= 0.3 is 5.97 Å². The third-order valence-electron chi connectivity index (χ3n) is 2.35. The standard InChI is InChI=1S/C11H13BrO5/c12-6-1-2-7(11(16)17)8(5-6)10(15)9(14)3-4-13/h1-2,5,9-10,13-15H,3-4H2,(H,16,17). The van der Waals surface area contributed by atoms with E-state index >= 15 is 0 Å². The molecule has 1 rings (SSSR count). The molecule has 2 atom stereocenters. The Balaban J connectivity index is 3.10. The number of rotatable bonds is 5. The quantitative estimate of drug-likeness (QED) is 0.648. The summed E-state index contributed by atoms with van der Waals surface area (Å²) in [5, 5.41) is 37.0. The first-order valence-corrected chi connectivity index (χ1v) is 5.76. The van der Waals surface area contributed by atoms with Crippen LogP contribution in [0.15, 0.2) is 22.7 Å². The highest BCUT2D eigenvalue weighted by atomic mass is 79.9. The maximum absolute atomic E-state index is 11.0. The van der Waals surface area contributed by atoms with E-state index in [-0.39, 0.29) is 24.2 Å². The average molecular weight is 305 g/mol. The summed E-state index contributed by atoms with van der Waals surface area (Å²) in [4.78, 5) is 11.0. The third kappa shape index (κ3) is 3.50. The Morgan fingerprint density at radius 2 is 2.00 bits per heavy atom. The van der Waals surface area contributed by atoms with E-state index in [0.717, 1.165) is 0 Å². The van der Waals surface area contributed by atoms with Crippen LogP contribution in [0.25, 0.3) is 0 Å². The molecule has 0 aliphatic carbocycles. The second-order valence-electron chi connectivity index (χ2n) is 3.56. The van der Waals surface area contributed by atoms with Gasteiger partial charge in [0.15, 0.2) is 0 Å². The lowest BCUT2D eigenvalue weighted by molar-refractivity contribution is 0.00348. The van der Waals surface area contributed by atoms with Crippen molar-refractivity contribution in [3.63, 3.8) is 0 Å². The molecule has 0 heterocycles. The van der Waals surface area contributed by atoms with Gasteiger partial charge < -0.3 is 20.4 Å². The Kier molecular flexibility index (Phi) is 5.07. The second-order valence-corrected chi connectivity index (χ2v) is 4.48. The topological polar surface area (TPSA) is 98.0 Å². The summed E-state index contributed by atoms with van der Waals surface area (Å²) >= 11 is 3.17. The van der Waals surface area contributed by atoms with Crippen molar-refractivity contribution in [1.29, 1.82) is 0 Å². The first kappa shape index (κ1) is 14.1. The normalized spacial score (nSPS) is 14.4. The van der Waals surface area contributed by atoms with E-state index in [4.69, 9.17) is 10.2 Å². The smallest absolute Gasteiger partial charge is 0.336 e. The fourth-order valence-corrected chi connectivity index (χ4v) is 1.85. The molecule has 0 saturated carbocycles. The molecule has 0 bridgehead atoms. The van der Waals surface area contributed by atoms with Crippen LogP contribution in [0.2, 0.25) is 0 Å². The monoisotopic (exact) mass is 304 g/mol. The number of hydrogen-bond acceptors (Lipinski definition) is 4. The Labute approximate surface area is 106 Å². The van der Waals surface area contributed by atoms with Crippen LogP contribution in [-0.2, 0) is 0 Å². The van der Waals surface area contributed by atoms with Gasteiger partial charge in [-0.05, 0) is 30.2 Å². The minimum atomic E-state index is -1.34. The summed E-state index contributed by atoms with van der Waals surface area (Å²) in [5.41, 5.74) is 0.0468. The highest BCUT2D eigenvalue weighted by Gasteiger charge is 2.23. The van der Waals surface area contributed by atoms with Gasteiger partial charge in [0.05, 0.1) is 11.7 Å². The predicted octanol–water partition coefficient (Wildman–Crippen LogP) is 0.924. The van der Waals surface area contributed by atoms with Gasteiger partial charge in [-0.15, -0.1) is 0 Å². The molecular weight excluding hydrogens is 292 g/mol. The van der Waals surface area contributed by atoms with Gasteiger partial charge in [-0.1, -0.05) is 15.9 Å². The molecule has 1 aromatic carbocycles. The molecule has 0 aliphatic rings. The molecule has 94 valence electrons. The zero-order chi connectivity index (χ0) is 13.0. The molecule has 6 heteroatoms. The number of carbonyl (C=O) groups is 1. The lowest BCUT2D eigenvalue weighted by Crippen LogP contribution is -2.21. The summed E-state index contributed by atoms with van der Waals surface area (Å²) in [6.45, 7) is -0.283. The molecule has 0 amide bonds. The van der Waals surface area contributed by atoms with Crippen LogP contribution in [0, 0.1) is 0 Å². The lowest BCUT2D eigenvalue weighted by Gasteiger charge is -2.19. The van der Waals surface area contributed by atoms with Crippen LogP contribution in [-0.4, -0.2) is 39.1 Å². The van der Waals surface area contributed by atoms with Gasteiger partial charge in [0.2, 0.25) is 0 Å². The largest absolute Gasteiger partial charge is 0.478 e. The molecule has 1 aromatic rings. The van der Waals surface area contributed by atoms with Crippen molar-refractivity contribution in [3.05, 3.63) is 33.8 Å².